The second kappa shape index (κ2) is 8.55. The van der Waals surface area contributed by atoms with Crippen LogP contribution in [0.2, 0.25) is 0 Å². The SMILES string of the molecule is Cc1cc(COc2ccccc2OCC(O)CNC(C)C)on1. The van der Waals surface area contributed by atoms with Crippen molar-refractivity contribution >= 4 is 0 Å². The van der Waals surface area contributed by atoms with Gasteiger partial charge >= 0.3 is 0 Å². The van der Waals surface area contributed by atoms with Crippen molar-refractivity contribution in [1.29, 1.82) is 0 Å². The van der Waals surface area contributed by atoms with Crippen LogP contribution < -0.4 is 14.8 Å². The highest BCUT2D eigenvalue weighted by Gasteiger charge is 2.10. The summed E-state index contributed by atoms with van der Waals surface area (Å²) in [7, 11) is 0. The Balaban J connectivity index is 1.87. The lowest BCUT2D eigenvalue weighted by molar-refractivity contribution is 0.102. The quantitative estimate of drug-likeness (QED) is 0.738. The Kier molecular flexibility index (Phi) is 6.43. The summed E-state index contributed by atoms with van der Waals surface area (Å²) in [6.07, 6.45) is -0.581. The molecule has 0 bridgehead atoms. The summed E-state index contributed by atoms with van der Waals surface area (Å²) >= 11 is 0. The third-order valence-corrected chi connectivity index (χ3v) is 3.09. The molecule has 2 rings (SSSR count). The van der Waals surface area contributed by atoms with Crippen molar-refractivity contribution in [2.45, 2.75) is 39.5 Å². The minimum Gasteiger partial charge on any atom is -0.487 e. The van der Waals surface area contributed by atoms with Gasteiger partial charge in [-0.05, 0) is 19.1 Å². The summed E-state index contributed by atoms with van der Waals surface area (Å²) in [6, 6.07) is 9.50. The molecular formula is C17H24N2O4. The third-order valence-electron chi connectivity index (χ3n) is 3.09. The molecule has 2 aromatic rings. The van der Waals surface area contributed by atoms with Gasteiger partial charge < -0.3 is 24.4 Å². The summed E-state index contributed by atoms with van der Waals surface area (Å²) in [5.41, 5.74) is 0.814. The molecule has 0 aliphatic rings. The van der Waals surface area contributed by atoms with E-state index in [1.54, 1.807) is 0 Å². The minimum atomic E-state index is -0.581. The molecule has 126 valence electrons. The van der Waals surface area contributed by atoms with E-state index < -0.39 is 6.10 Å². The van der Waals surface area contributed by atoms with Gasteiger partial charge in [-0.1, -0.05) is 31.1 Å². The average Bonchev–Trinajstić information content (AvgIpc) is 2.95. The van der Waals surface area contributed by atoms with Crippen molar-refractivity contribution in [1.82, 2.24) is 10.5 Å². The van der Waals surface area contributed by atoms with E-state index in [2.05, 4.69) is 10.5 Å². The van der Waals surface area contributed by atoms with E-state index in [4.69, 9.17) is 14.0 Å². The monoisotopic (exact) mass is 320 g/mol. The van der Waals surface area contributed by atoms with Crippen molar-refractivity contribution in [3.05, 3.63) is 41.8 Å². The molecule has 0 saturated carbocycles. The zero-order valence-electron chi connectivity index (χ0n) is 13.8. The van der Waals surface area contributed by atoms with Crippen LogP contribution in [0.4, 0.5) is 0 Å². The van der Waals surface area contributed by atoms with Gasteiger partial charge in [0.2, 0.25) is 0 Å². The predicted molar refractivity (Wildman–Crippen MR) is 86.7 cm³/mol. The number of ether oxygens (including phenoxy) is 2. The fourth-order valence-electron chi connectivity index (χ4n) is 1.94. The zero-order valence-corrected chi connectivity index (χ0v) is 13.8. The Hall–Kier alpha value is -2.05. The second-order valence-corrected chi connectivity index (χ2v) is 5.70. The fraction of sp³-hybridized carbons (Fsp3) is 0.471. The van der Waals surface area contributed by atoms with Crippen LogP contribution in [0.5, 0.6) is 11.5 Å². The third kappa shape index (κ3) is 5.92. The van der Waals surface area contributed by atoms with E-state index >= 15 is 0 Å². The van der Waals surface area contributed by atoms with Gasteiger partial charge in [-0.3, -0.25) is 0 Å². The standard InChI is InChI=1S/C17H24N2O4/c1-12(2)18-9-14(20)10-21-16-6-4-5-7-17(16)22-11-15-8-13(3)19-23-15/h4-8,12,14,18,20H,9-11H2,1-3H3. The first-order valence-electron chi connectivity index (χ1n) is 7.73. The molecular weight excluding hydrogens is 296 g/mol. The molecule has 1 aromatic carbocycles. The van der Waals surface area contributed by atoms with Crippen LogP contribution in [0.1, 0.15) is 25.3 Å². The van der Waals surface area contributed by atoms with Crippen LogP contribution in [-0.2, 0) is 6.61 Å². The average molecular weight is 320 g/mol. The van der Waals surface area contributed by atoms with Gasteiger partial charge in [0.15, 0.2) is 17.3 Å². The summed E-state index contributed by atoms with van der Waals surface area (Å²) in [4.78, 5) is 0. The smallest absolute Gasteiger partial charge is 0.174 e. The molecule has 1 unspecified atom stereocenters. The molecule has 1 aromatic heterocycles. The fourth-order valence-corrected chi connectivity index (χ4v) is 1.94. The first-order chi connectivity index (χ1) is 11.0. The molecule has 1 heterocycles. The molecule has 0 fully saturated rings. The molecule has 0 radical (unpaired) electrons. The molecule has 6 heteroatoms. The normalized spacial score (nSPS) is 12.4. The first-order valence-corrected chi connectivity index (χ1v) is 7.73. The molecule has 0 aliphatic carbocycles. The number of aliphatic hydroxyl groups excluding tert-OH is 1. The van der Waals surface area contributed by atoms with Gasteiger partial charge in [0.05, 0.1) is 5.69 Å². The molecule has 1 atom stereocenters. The molecule has 0 amide bonds. The molecule has 23 heavy (non-hydrogen) atoms. The lowest BCUT2D eigenvalue weighted by Crippen LogP contribution is -2.35. The van der Waals surface area contributed by atoms with Crippen LogP contribution in [-0.4, -0.2) is 35.6 Å². The summed E-state index contributed by atoms with van der Waals surface area (Å²) < 4.78 is 16.5. The maximum absolute atomic E-state index is 9.91. The van der Waals surface area contributed by atoms with Gasteiger partial charge in [-0.2, -0.15) is 0 Å². The Bertz CT molecular complexity index is 598. The second-order valence-electron chi connectivity index (χ2n) is 5.70. The van der Waals surface area contributed by atoms with Crippen molar-refractivity contribution in [3.63, 3.8) is 0 Å². The van der Waals surface area contributed by atoms with Crippen molar-refractivity contribution < 1.29 is 19.1 Å². The molecule has 2 N–H and O–H groups in total. The van der Waals surface area contributed by atoms with Crippen molar-refractivity contribution in [2.75, 3.05) is 13.2 Å². The summed E-state index contributed by atoms with van der Waals surface area (Å²) in [5.74, 6) is 1.84. The predicted octanol–water partition coefficient (Wildman–Crippen LogP) is 2.30. The minimum absolute atomic E-state index is 0.196. The number of aliphatic hydroxyl groups is 1. The highest BCUT2D eigenvalue weighted by Crippen LogP contribution is 2.27. The first kappa shape index (κ1) is 17.3. The lowest BCUT2D eigenvalue weighted by atomic mass is 10.3. The number of aromatic nitrogens is 1. The van der Waals surface area contributed by atoms with Crippen molar-refractivity contribution in [3.8, 4) is 11.5 Å². The lowest BCUT2D eigenvalue weighted by Gasteiger charge is -2.16. The maximum Gasteiger partial charge on any atom is 0.174 e. The van der Waals surface area contributed by atoms with E-state index in [9.17, 15) is 5.11 Å². The number of nitrogens with one attached hydrogen (secondary N) is 1. The summed E-state index contributed by atoms with van der Waals surface area (Å²) in [6.45, 7) is 6.87. The van der Waals surface area contributed by atoms with E-state index in [0.717, 1.165) is 5.69 Å². The van der Waals surface area contributed by atoms with Crippen LogP contribution in [0.15, 0.2) is 34.9 Å². The number of hydrogen-bond donors (Lipinski definition) is 2. The van der Waals surface area contributed by atoms with E-state index in [-0.39, 0.29) is 13.2 Å². The number of hydrogen-bond acceptors (Lipinski definition) is 6. The van der Waals surface area contributed by atoms with Crippen LogP contribution in [0.3, 0.4) is 0 Å². The van der Waals surface area contributed by atoms with E-state index in [1.807, 2.05) is 51.1 Å². The Morgan fingerprint density at radius 1 is 1.22 bits per heavy atom. The Morgan fingerprint density at radius 2 is 1.91 bits per heavy atom. The Morgan fingerprint density at radius 3 is 2.52 bits per heavy atom. The van der Waals surface area contributed by atoms with Gasteiger partial charge in [0.1, 0.15) is 19.3 Å². The van der Waals surface area contributed by atoms with Gasteiger partial charge in [-0.25, -0.2) is 0 Å². The van der Waals surface area contributed by atoms with Crippen LogP contribution in [0.25, 0.3) is 0 Å². The molecule has 0 spiro atoms. The zero-order chi connectivity index (χ0) is 16.7. The maximum atomic E-state index is 9.91. The van der Waals surface area contributed by atoms with Gasteiger partial charge in [0.25, 0.3) is 0 Å². The Labute approximate surface area is 136 Å². The van der Waals surface area contributed by atoms with Crippen LogP contribution >= 0.6 is 0 Å². The highest BCUT2D eigenvalue weighted by atomic mass is 16.5. The van der Waals surface area contributed by atoms with E-state index in [1.165, 1.54) is 0 Å². The number of aryl methyl sites for hydroxylation is 1. The molecule has 0 saturated heterocycles. The highest BCUT2D eigenvalue weighted by molar-refractivity contribution is 5.39. The van der Waals surface area contributed by atoms with Crippen molar-refractivity contribution in [2.24, 2.45) is 0 Å². The number of benzene rings is 1. The summed E-state index contributed by atoms with van der Waals surface area (Å²) in [5, 5.41) is 16.9. The molecule has 0 aliphatic heterocycles. The number of nitrogens with zero attached hydrogens (tertiary/aromatic N) is 1. The topological polar surface area (TPSA) is 76.8 Å². The van der Waals surface area contributed by atoms with Crippen LogP contribution in [0, 0.1) is 6.92 Å². The molecule has 6 nitrogen and oxygen atoms in total. The number of para-hydroxylation sites is 2. The number of rotatable bonds is 9. The largest absolute Gasteiger partial charge is 0.487 e. The van der Waals surface area contributed by atoms with Gasteiger partial charge in [0, 0.05) is 18.7 Å². The van der Waals surface area contributed by atoms with E-state index in [0.29, 0.717) is 29.8 Å². The van der Waals surface area contributed by atoms with Gasteiger partial charge in [-0.15, -0.1) is 0 Å².